The second-order valence-electron chi connectivity index (χ2n) is 13.3. The van der Waals surface area contributed by atoms with Crippen LogP contribution in [-0.4, -0.2) is 64.9 Å². The minimum atomic E-state index is -1.10. The van der Waals surface area contributed by atoms with Gasteiger partial charge in [0.2, 0.25) is 11.8 Å². The van der Waals surface area contributed by atoms with E-state index in [0.717, 1.165) is 11.1 Å². The van der Waals surface area contributed by atoms with Gasteiger partial charge in [-0.05, 0) is 84.6 Å². The number of primary amides is 2. The molecule has 20 heteroatoms. The van der Waals surface area contributed by atoms with Crippen molar-refractivity contribution in [3.63, 3.8) is 0 Å². The molecule has 2 aromatic heterocycles. The maximum absolute atomic E-state index is 13.4. The Bertz CT molecular complexity index is 2700. The van der Waals surface area contributed by atoms with Crippen LogP contribution in [0.2, 0.25) is 0 Å². The van der Waals surface area contributed by atoms with Crippen molar-refractivity contribution in [1.82, 2.24) is 15.3 Å². The molecule has 10 N–H and O–H groups in total. The summed E-state index contributed by atoms with van der Waals surface area (Å²) in [6.07, 6.45) is 1.01. The van der Waals surface area contributed by atoms with Gasteiger partial charge in [0.25, 0.3) is 5.91 Å². The normalized spacial score (nSPS) is 9.72. The Kier molecular flexibility index (Phi) is 26.1. The number of carboxylic acid groups (broad SMARTS) is 1. The van der Waals surface area contributed by atoms with Gasteiger partial charge >= 0.3 is 56.5 Å². The number of amides is 3. The molecule has 0 radical (unpaired) electrons. The molecule has 0 bridgehead atoms. The van der Waals surface area contributed by atoms with Gasteiger partial charge in [0.05, 0.1) is 53.3 Å². The van der Waals surface area contributed by atoms with Crippen LogP contribution in [-0.2, 0) is 22.4 Å². The van der Waals surface area contributed by atoms with Crippen molar-refractivity contribution in [3.8, 4) is 34.7 Å². The SMILES string of the molecule is C.I[I-]I.N#Cc1ccccc1-c1ccc(C(=O)NCC(N)=O)c(NCCc2cccc(F)c2)n1.N#Cc1ccccc1-c1ccc(C(=O)O)c(NCCc2cccc(F)c2)n1.NCC(N)=O. The Balaban J connectivity index is 0.000000394. The van der Waals surface area contributed by atoms with Gasteiger partial charge in [-0.25, -0.2) is 23.5 Å². The fourth-order valence-electron chi connectivity index (χ4n) is 5.75. The number of nitriles is 2. The summed E-state index contributed by atoms with van der Waals surface area (Å²) in [6, 6.07) is 37.0. The van der Waals surface area contributed by atoms with E-state index in [1.54, 1.807) is 91.0 Å². The zero-order valence-corrected chi connectivity index (χ0v) is 41.3. The number of carboxylic acids is 1. The first-order chi connectivity index (χ1) is 31.7. The molecule has 0 fully saturated rings. The van der Waals surface area contributed by atoms with Crippen LogP contribution < -0.4 is 46.4 Å². The average Bonchev–Trinajstić information content (AvgIpc) is 3.31. The van der Waals surface area contributed by atoms with Crippen LogP contribution in [0.25, 0.3) is 22.5 Å². The van der Waals surface area contributed by atoms with Gasteiger partial charge in [-0.15, -0.1) is 0 Å². The molecular formula is C47H46F2I3N10O5-. The van der Waals surface area contributed by atoms with Crippen LogP contribution in [0.5, 0.6) is 0 Å². The van der Waals surface area contributed by atoms with Gasteiger partial charge in [0.15, 0.2) is 0 Å². The van der Waals surface area contributed by atoms with Gasteiger partial charge in [-0.1, -0.05) is 68.1 Å². The number of nitrogens with one attached hydrogen (secondary N) is 3. The Morgan fingerprint density at radius 1 is 0.657 bits per heavy atom. The fraction of sp³-hybridized carbons (Fsp3) is 0.149. The molecule has 6 rings (SSSR count). The van der Waals surface area contributed by atoms with Crippen molar-refractivity contribution in [2.24, 2.45) is 17.2 Å². The Morgan fingerprint density at radius 2 is 1.07 bits per heavy atom. The Morgan fingerprint density at radius 3 is 1.46 bits per heavy atom. The number of hydrogen-bond acceptors (Lipinski definition) is 11. The summed E-state index contributed by atoms with van der Waals surface area (Å²) in [5, 5.41) is 36.6. The number of carbonyl (C=O) groups is 4. The molecular weight excluding hydrogens is 1200 g/mol. The summed E-state index contributed by atoms with van der Waals surface area (Å²) in [5.41, 5.74) is 19.3. The van der Waals surface area contributed by atoms with Crippen molar-refractivity contribution in [2.75, 3.05) is 36.8 Å². The van der Waals surface area contributed by atoms with Crippen molar-refractivity contribution in [2.45, 2.75) is 20.3 Å². The van der Waals surface area contributed by atoms with E-state index in [0.29, 0.717) is 72.8 Å². The van der Waals surface area contributed by atoms with E-state index in [2.05, 4.69) is 81.0 Å². The van der Waals surface area contributed by atoms with Crippen LogP contribution in [0.4, 0.5) is 20.4 Å². The Hall–Kier alpha value is -6.35. The van der Waals surface area contributed by atoms with Gasteiger partial charge in [-0.3, -0.25) is 14.4 Å². The van der Waals surface area contributed by atoms with Crippen molar-refractivity contribution >= 4 is 72.6 Å². The van der Waals surface area contributed by atoms with E-state index in [4.69, 9.17) is 11.5 Å². The van der Waals surface area contributed by atoms with Crippen LogP contribution >= 0.6 is 37.2 Å². The molecule has 3 amide bonds. The van der Waals surface area contributed by atoms with Crippen LogP contribution in [0.1, 0.15) is 50.4 Å². The van der Waals surface area contributed by atoms with E-state index < -0.39 is 23.7 Å². The zero-order valence-electron chi connectivity index (χ0n) is 34.8. The minimum Gasteiger partial charge on any atom is -0.478 e. The van der Waals surface area contributed by atoms with Gasteiger partial charge in [0.1, 0.15) is 28.8 Å². The number of nitrogens with two attached hydrogens (primary N) is 3. The third kappa shape index (κ3) is 19.6. The smallest absolute Gasteiger partial charge is 0.339 e. The van der Waals surface area contributed by atoms with Crippen molar-refractivity contribution in [3.05, 3.63) is 166 Å². The maximum atomic E-state index is 13.4. The van der Waals surface area contributed by atoms with Gasteiger partial charge in [0, 0.05) is 24.2 Å². The quantitative estimate of drug-likeness (QED) is 0.0697. The number of aromatic nitrogens is 2. The summed E-state index contributed by atoms with van der Waals surface area (Å²) in [6.45, 7) is 0.413. The standard InChI is InChI=1S/C23H20FN5O2.C21H16FN3O2.C2H6N2O.CH4.I3/c24-17-6-3-4-15(12-17)10-11-27-22-19(23(31)28-14-21(26)30)8-9-20(29-22)18-7-2-1-5-16(18)13-25;22-16-6-3-4-14(12-16)10-11-24-20-18(21(26)27)8-9-19(25-20)17-7-2-1-5-15(17)13-23;3-1-2(4)5;;1-3-2/h1-9,12H,10-11,14H2,(H2,26,30)(H,27,29)(H,28,31);1-9,12H,10-11H2,(H,24,25)(H,26,27);1,3H2,(H2,4,5);1H4;/q;;;;-1. The topological polar surface area (TPSA) is 276 Å². The monoisotopic (exact) mass is 1250 g/mol. The van der Waals surface area contributed by atoms with Crippen molar-refractivity contribution in [1.29, 1.82) is 10.5 Å². The molecule has 0 unspecified atom stereocenters. The first-order valence-corrected chi connectivity index (χ1v) is 31.9. The molecule has 4 aromatic carbocycles. The first-order valence-electron chi connectivity index (χ1n) is 19.4. The molecule has 0 saturated heterocycles. The number of anilines is 2. The van der Waals surface area contributed by atoms with Crippen molar-refractivity contribution < 1.29 is 46.3 Å². The Labute approximate surface area is 416 Å². The molecule has 67 heavy (non-hydrogen) atoms. The number of carbonyl (C=O) groups excluding carboxylic acids is 3. The third-order valence-electron chi connectivity index (χ3n) is 8.73. The van der Waals surface area contributed by atoms with E-state index in [1.165, 1.54) is 30.3 Å². The van der Waals surface area contributed by atoms with E-state index in [9.17, 15) is 43.6 Å². The number of aromatic carboxylic acids is 1. The minimum absolute atomic E-state index is 0. The van der Waals surface area contributed by atoms with Gasteiger partial charge < -0.3 is 38.3 Å². The zero-order chi connectivity index (χ0) is 48.4. The summed E-state index contributed by atoms with van der Waals surface area (Å²) >= 11 is 5.30. The van der Waals surface area contributed by atoms with E-state index >= 15 is 0 Å². The summed E-state index contributed by atoms with van der Waals surface area (Å²) in [7, 11) is 0. The first kappa shape index (κ1) is 56.8. The van der Waals surface area contributed by atoms with E-state index in [1.807, 2.05) is 0 Å². The molecule has 350 valence electrons. The summed E-state index contributed by atoms with van der Waals surface area (Å²) in [5.74, 6) is -2.89. The molecule has 0 spiro atoms. The fourth-order valence-corrected chi connectivity index (χ4v) is 5.75. The average molecular weight is 1250 g/mol. The van der Waals surface area contributed by atoms with E-state index in [-0.39, 0.29) is 54.9 Å². The predicted octanol–water partition coefficient (Wildman–Crippen LogP) is 4.58. The number of halogens is 5. The second kappa shape index (κ2) is 30.8. The van der Waals surface area contributed by atoms with Crippen LogP contribution in [0, 0.1) is 34.3 Å². The maximum Gasteiger partial charge on any atom is 0.339 e. The molecule has 2 heterocycles. The number of benzene rings is 4. The number of rotatable bonds is 15. The second-order valence-corrected chi connectivity index (χ2v) is 29.5. The van der Waals surface area contributed by atoms with Gasteiger partial charge in [-0.2, -0.15) is 10.5 Å². The van der Waals surface area contributed by atoms with Crippen LogP contribution in [0.3, 0.4) is 0 Å². The molecule has 15 nitrogen and oxygen atoms in total. The number of nitrogens with zero attached hydrogens (tertiary/aromatic N) is 4. The number of pyridine rings is 2. The molecule has 6 aromatic rings. The summed E-state index contributed by atoms with van der Waals surface area (Å²) < 4.78 is 26.7. The summed E-state index contributed by atoms with van der Waals surface area (Å²) in [4.78, 5) is 53.4. The molecule has 0 saturated carbocycles. The number of hydrogen-bond donors (Lipinski definition) is 7. The molecule has 0 aliphatic carbocycles. The van der Waals surface area contributed by atoms with Crippen LogP contribution in [0.15, 0.2) is 121 Å². The molecule has 0 atom stereocenters. The predicted molar refractivity (Wildman–Crippen MR) is 267 cm³/mol. The molecule has 0 aliphatic rings. The molecule has 0 aliphatic heterocycles. The third-order valence-corrected chi connectivity index (χ3v) is 8.73. The largest absolute Gasteiger partial charge is 0.478 e.